The monoisotopic (exact) mass is 442 g/mol. The van der Waals surface area contributed by atoms with Gasteiger partial charge < -0.3 is 21.3 Å². The molecule has 4 N–H and O–H groups in total. The maximum atomic E-state index is 5.55. The van der Waals surface area contributed by atoms with Gasteiger partial charge in [0, 0.05) is 25.2 Å². The molecule has 4 nitrogen and oxygen atoms in total. The number of hydrogen-bond donors (Lipinski definition) is 4. The molecule has 1 aromatic carbocycles. The van der Waals surface area contributed by atoms with Crippen molar-refractivity contribution in [2.24, 2.45) is 23.7 Å². The van der Waals surface area contributed by atoms with Crippen molar-refractivity contribution in [1.29, 1.82) is 0 Å². The van der Waals surface area contributed by atoms with Gasteiger partial charge in [-0.3, -0.25) is 0 Å². The number of nitrogens with one attached hydrogen (secondary N) is 4. The first kappa shape index (κ1) is 20.5. The lowest BCUT2D eigenvalue weighted by molar-refractivity contribution is 0.389. The van der Waals surface area contributed by atoms with E-state index in [9.17, 15) is 0 Å². The Morgan fingerprint density at radius 1 is 0.733 bits per heavy atom. The van der Waals surface area contributed by atoms with Crippen molar-refractivity contribution < 1.29 is 0 Å². The number of thiocarbonyl (C=S) groups is 2. The van der Waals surface area contributed by atoms with Crippen molar-refractivity contribution in [3.8, 4) is 0 Å². The first-order chi connectivity index (χ1) is 14.6. The zero-order valence-electron chi connectivity index (χ0n) is 17.7. The number of rotatable bonds is 6. The molecule has 1 aromatic rings. The van der Waals surface area contributed by atoms with Crippen LogP contribution in [0, 0.1) is 23.7 Å². The molecule has 4 saturated carbocycles. The molecule has 4 aliphatic carbocycles. The Bertz CT molecular complexity index is 736. The predicted molar refractivity (Wildman–Crippen MR) is 130 cm³/mol. The van der Waals surface area contributed by atoms with E-state index in [0.717, 1.165) is 47.0 Å². The van der Waals surface area contributed by atoms with Crippen molar-refractivity contribution in [3.05, 3.63) is 35.4 Å². The largest absolute Gasteiger partial charge is 0.360 e. The highest BCUT2D eigenvalue weighted by Gasteiger charge is 2.40. The number of hydrogen-bond acceptors (Lipinski definition) is 2. The van der Waals surface area contributed by atoms with Crippen molar-refractivity contribution in [2.45, 2.75) is 76.5 Å². The summed E-state index contributed by atoms with van der Waals surface area (Å²) in [5.41, 5.74) is 2.50. The van der Waals surface area contributed by atoms with E-state index in [4.69, 9.17) is 24.4 Å². The molecule has 0 amide bonds. The molecule has 0 aromatic heterocycles. The van der Waals surface area contributed by atoms with Gasteiger partial charge in [0.05, 0.1) is 0 Å². The maximum Gasteiger partial charge on any atom is 0.166 e. The van der Waals surface area contributed by atoms with Crippen LogP contribution in [0.3, 0.4) is 0 Å². The molecule has 4 fully saturated rings. The van der Waals surface area contributed by atoms with Crippen LogP contribution in [0.4, 0.5) is 0 Å². The van der Waals surface area contributed by atoms with Crippen LogP contribution >= 0.6 is 24.4 Å². The van der Waals surface area contributed by atoms with Gasteiger partial charge in [-0.25, -0.2) is 0 Å². The van der Waals surface area contributed by atoms with E-state index in [1.165, 1.54) is 62.5 Å². The van der Waals surface area contributed by atoms with Gasteiger partial charge in [-0.05, 0) is 97.8 Å². The highest BCUT2D eigenvalue weighted by atomic mass is 32.1. The highest BCUT2D eigenvalue weighted by Crippen LogP contribution is 2.45. The van der Waals surface area contributed by atoms with E-state index in [0.29, 0.717) is 12.1 Å². The SMILES string of the molecule is S=C(NCc1cccc(CNC(=S)N[C@H]2C[C@H]3CC[C@H]2C3)c1)N[C@H]1C[C@H]2CC[C@H]1C2. The minimum atomic E-state index is 0.586. The third kappa shape index (κ3) is 4.75. The minimum Gasteiger partial charge on any atom is -0.360 e. The fraction of sp³-hybridized carbons (Fsp3) is 0.667. The summed E-state index contributed by atoms with van der Waals surface area (Å²) in [4.78, 5) is 0. The van der Waals surface area contributed by atoms with Gasteiger partial charge in [0.15, 0.2) is 10.2 Å². The van der Waals surface area contributed by atoms with Crippen molar-refractivity contribution >= 4 is 34.7 Å². The van der Waals surface area contributed by atoms with Gasteiger partial charge in [-0.2, -0.15) is 0 Å². The fourth-order valence-electron chi connectivity index (χ4n) is 6.50. The number of fused-ring (bicyclic) bond motifs is 4. The second-order valence-electron chi connectivity index (χ2n) is 10.0. The van der Waals surface area contributed by atoms with E-state index in [1.54, 1.807) is 0 Å². The Labute approximate surface area is 191 Å². The first-order valence-corrected chi connectivity index (χ1v) is 12.6. The molecule has 30 heavy (non-hydrogen) atoms. The Morgan fingerprint density at radius 2 is 1.23 bits per heavy atom. The average Bonchev–Trinajstić information content (AvgIpc) is 3.53. The van der Waals surface area contributed by atoms with Crippen LogP contribution in [-0.2, 0) is 13.1 Å². The van der Waals surface area contributed by atoms with Gasteiger partial charge in [-0.1, -0.05) is 37.1 Å². The van der Waals surface area contributed by atoms with Crippen LogP contribution in [0.5, 0.6) is 0 Å². The average molecular weight is 443 g/mol. The van der Waals surface area contributed by atoms with Crippen molar-refractivity contribution in [2.75, 3.05) is 0 Å². The molecule has 0 saturated heterocycles. The minimum absolute atomic E-state index is 0.586. The summed E-state index contributed by atoms with van der Waals surface area (Å²) in [5, 5.41) is 15.5. The van der Waals surface area contributed by atoms with E-state index in [2.05, 4.69) is 45.5 Å². The van der Waals surface area contributed by atoms with E-state index in [-0.39, 0.29) is 0 Å². The summed E-state index contributed by atoms with van der Waals surface area (Å²) in [7, 11) is 0. The smallest absolute Gasteiger partial charge is 0.166 e. The van der Waals surface area contributed by atoms with Gasteiger partial charge in [0.25, 0.3) is 0 Å². The van der Waals surface area contributed by atoms with Gasteiger partial charge in [0.1, 0.15) is 0 Å². The van der Waals surface area contributed by atoms with Gasteiger partial charge in [-0.15, -0.1) is 0 Å². The third-order valence-corrected chi connectivity index (χ3v) is 8.53. The molecule has 0 unspecified atom stereocenters. The molecule has 4 aliphatic rings. The van der Waals surface area contributed by atoms with Crippen LogP contribution in [0.2, 0.25) is 0 Å². The third-order valence-electron chi connectivity index (χ3n) is 8.01. The van der Waals surface area contributed by atoms with Crippen molar-refractivity contribution in [1.82, 2.24) is 21.3 Å². The van der Waals surface area contributed by atoms with E-state index < -0.39 is 0 Å². The zero-order valence-corrected chi connectivity index (χ0v) is 19.3. The van der Waals surface area contributed by atoms with E-state index in [1.807, 2.05) is 0 Å². The van der Waals surface area contributed by atoms with Gasteiger partial charge in [0.2, 0.25) is 0 Å². The van der Waals surface area contributed by atoms with Crippen molar-refractivity contribution in [3.63, 3.8) is 0 Å². The lowest BCUT2D eigenvalue weighted by atomic mass is 9.95. The summed E-state index contributed by atoms with van der Waals surface area (Å²) in [5.74, 6) is 3.54. The lowest BCUT2D eigenvalue weighted by Gasteiger charge is -2.25. The first-order valence-electron chi connectivity index (χ1n) is 11.8. The fourth-order valence-corrected chi connectivity index (χ4v) is 6.94. The molecule has 5 rings (SSSR count). The quantitative estimate of drug-likeness (QED) is 0.500. The van der Waals surface area contributed by atoms with E-state index >= 15 is 0 Å². The Kier molecular flexibility index (Phi) is 6.15. The standard InChI is InChI=1S/C24H34N4S2/c29-23(27-21-11-15-4-6-19(21)9-15)25-13-17-2-1-3-18(8-17)14-26-24(30)28-22-12-16-5-7-20(22)10-16/h1-3,8,15-16,19-22H,4-7,9-14H2,(H2,25,27,29)(H2,26,28,30)/t15-,16-,19-,20-,21-,22-/m0/s1. The van der Waals surface area contributed by atoms with Crippen LogP contribution in [0.1, 0.15) is 62.5 Å². The van der Waals surface area contributed by atoms with Crippen LogP contribution in [0.25, 0.3) is 0 Å². The molecule has 0 heterocycles. The van der Waals surface area contributed by atoms with Crippen LogP contribution < -0.4 is 21.3 Å². The molecule has 0 spiro atoms. The maximum absolute atomic E-state index is 5.55. The molecule has 0 aliphatic heterocycles. The predicted octanol–water partition coefficient (Wildman–Crippen LogP) is 3.99. The van der Waals surface area contributed by atoms with Crippen LogP contribution in [-0.4, -0.2) is 22.3 Å². The summed E-state index contributed by atoms with van der Waals surface area (Å²) in [6.07, 6.45) is 11.0. The molecular weight excluding hydrogens is 408 g/mol. The molecule has 6 atom stereocenters. The van der Waals surface area contributed by atoms with Gasteiger partial charge >= 0.3 is 0 Å². The zero-order chi connectivity index (χ0) is 20.5. The Hall–Kier alpha value is -1.40. The molecular formula is C24H34N4S2. The number of benzene rings is 1. The molecule has 162 valence electrons. The lowest BCUT2D eigenvalue weighted by Crippen LogP contribution is -2.44. The second-order valence-corrected chi connectivity index (χ2v) is 10.9. The topological polar surface area (TPSA) is 48.1 Å². The molecule has 0 radical (unpaired) electrons. The Balaban J connectivity index is 1.04. The highest BCUT2D eigenvalue weighted by molar-refractivity contribution is 7.80. The van der Waals surface area contributed by atoms with Crippen LogP contribution in [0.15, 0.2) is 24.3 Å². The second kappa shape index (κ2) is 8.99. The summed E-state index contributed by atoms with van der Waals surface area (Å²) < 4.78 is 0. The normalized spacial score (nSPS) is 33.5. The summed E-state index contributed by atoms with van der Waals surface area (Å²) in [6, 6.07) is 9.84. The molecule has 4 bridgehead atoms. The Morgan fingerprint density at radius 3 is 1.63 bits per heavy atom. The summed E-state index contributed by atoms with van der Waals surface area (Å²) in [6.45, 7) is 1.52. The molecule has 6 heteroatoms. The summed E-state index contributed by atoms with van der Waals surface area (Å²) >= 11 is 11.1.